The fraction of sp³-hybridized carbons (Fsp3) is 0.429. The van der Waals surface area contributed by atoms with E-state index in [1.54, 1.807) is 29.2 Å². The third kappa shape index (κ3) is 3.10. The van der Waals surface area contributed by atoms with Crippen LogP contribution < -0.4 is 5.73 Å². The van der Waals surface area contributed by atoms with Crippen LogP contribution in [0.5, 0.6) is 0 Å². The standard InChI is InChI=1S/C14H18N2O2S/c1-9-2-3-11(13(15)17)8-16(9)14(18)10-4-6-12(19)7-5-10/h4-7,9,11,19H,2-3,8H2,1H3,(H2,15,17). The maximum atomic E-state index is 12.4. The summed E-state index contributed by atoms with van der Waals surface area (Å²) in [5.74, 6) is -0.605. The van der Waals surface area contributed by atoms with Gasteiger partial charge in [0.15, 0.2) is 0 Å². The van der Waals surface area contributed by atoms with E-state index in [0.717, 1.165) is 17.7 Å². The molecule has 1 aromatic carbocycles. The van der Waals surface area contributed by atoms with Crippen LogP contribution in [0.2, 0.25) is 0 Å². The van der Waals surface area contributed by atoms with Crippen LogP contribution in [-0.4, -0.2) is 29.3 Å². The molecule has 2 amide bonds. The van der Waals surface area contributed by atoms with Crippen molar-refractivity contribution in [3.05, 3.63) is 29.8 Å². The van der Waals surface area contributed by atoms with Gasteiger partial charge in [0, 0.05) is 23.0 Å². The molecule has 4 nitrogen and oxygen atoms in total. The second-order valence-electron chi connectivity index (χ2n) is 5.03. The molecule has 5 heteroatoms. The molecule has 102 valence electrons. The van der Waals surface area contributed by atoms with Gasteiger partial charge in [-0.25, -0.2) is 0 Å². The first-order valence-corrected chi connectivity index (χ1v) is 6.83. The van der Waals surface area contributed by atoms with Gasteiger partial charge in [0.25, 0.3) is 5.91 Å². The second kappa shape index (κ2) is 5.65. The van der Waals surface area contributed by atoms with Crippen molar-refractivity contribution in [1.29, 1.82) is 0 Å². The molecule has 0 saturated carbocycles. The highest BCUT2D eigenvalue weighted by Gasteiger charge is 2.31. The minimum atomic E-state index is -0.324. The van der Waals surface area contributed by atoms with Crippen molar-refractivity contribution in [3.63, 3.8) is 0 Å². The zero-order valence-electron chi connectivity index (χ0n) is 10.9. The number of rotatable bonds is 2. The van der Waals surface area contributed by atoms with Gasteiger partial charge in [-0.15, -0.1) is 12.6 Å². The minimum absolute atomic E-state index is 0.0493. The van der Waals surface area contributed by atoms with Crippen LogP contribution in [0, 0.1) is 5.92 Å². The fourth-order valence-electron chi connectivity index (χ4n) is 2.39. The Morgan fingerprint density at radius 1 is 1.26 bits per heavy atom. The summed E-state index contributed by atoms with van der Waals surface area (Å²) >= 11 is 4.20. The average molecular weight is 278 g/mol. The number of carbonyl (C=O) groups is 2. The van der Waals surface area contributed by atoms with Crippen molar-refractivity contribution in [2.45, 2.75) is 30.7 Å². The first-order chi connectivity index (χ1) is 8.99. The van der Waals surface area contributed by atoms with E-state index >= 15 is 0 Å². The predicted molar refractivity (Wildman–Crippen MR) is 76.1 cm³/mol. The molecular weight excluding hydrogens is 260 g/mol. The Bertz CT molecular complexity index is 487. The van der Waals surface area contributed by atoms with Gasteiger partial charge in [-0.1, -0.05) is 0 Å². The number of benzene rings is 1. The van der Waals surface area contributed by atoms with Crippen LogP contribution in [-0.2, 0) is 4.79 Å². The van der Waals surface area contributed by atoms with E-state index in [1.807, 2.05) is 6.92 Å². The van der Waals surface area contributed by atoms with Gasteiger partial charge in [0.2, 0.25) is 5.91 Å². The van der Waals surface area contributed by atoms with Gasteiger partial charge < -0.3 is 10.6 Å². The Kier molecular flexibility index (Phi) is 4.14. The van der Waals surface area contributed by atoms with Gasteiger partial charge in [-0.05, 0) is 44.0 Å². The van der Waals surface area contributed by atoms with E-state index in [4.69, 9.17) is 5.73 Å². The van der Waals surface area contributed by atoms with Crippen molar-refractivity contribution < 1.29 is 9.59 Å². The maximum absolute atomic E-state index is 12.4. The summed E-state index contributed by atoms with van der Waals surface area (Å²) in [4.78, 5) is 26.3. The first kappa shape index (κ1) is 13.9. The lowest BCUT2D eigenvalue weighted by Gasteiger charge is -2.37. The third-order valence-corrected chi connectivity index (χ3v) is 3.96. The predicted octanol–water partition coefficient (Wildman–Crippen LogP) is 1.70. The molecule has 1 aliphatic heterocycles. The number of amides is 2. The Morgan fingerprint density at radius 2 is 1.89 bits per heavy atom. The lowest BCUT2D eigenvalue weighted by Crippen LogP contribution is -2.48. The Hall–Kier alpha value is -1.49. The zero-order chi connectivity index (χ0) is 14.0. The molecule has 2 N–H and O–H groups in total. The molecule has 0 aliphatic carbocycles. The number of primary amides is 1. The number of hydrogen-bond acceptors (Lipinski definition) is 3. The topological polar surface area (TPSA) is 63.4 Å². The lowest BCUT2D eigenvalue weighted by atomic mass is 9.92. The van der Waals surface area contributed by atoms with Crippen molar-refractivity contribution >= 4 is 24.4 Å². The lowest BCUT2D eigenvalue weighted by molar-refractivity contribution is -0.123. The largest absolute Gasteiger partial charge is 0.369 e. The average Bonchev–Trinajstić information content (AvgIpc) is 2.39. The molecule has 0 bridgehead atoms. The van der Waals surface area contributed by atoms with Gasteiger partial charge in [-0.2, -0.15) is 0 Å². The molecule has 1 aliphatic rings. The van der Waals surface area contributed by atoms with Gasteiger partial charge >= 0.3 is 0 Å². The van der Waals surface area contributed by atoms with Gasteiger partial charge in [0.1, 0.15) is 0 Å². The van der Waals surface area contributed by atoms with Gasteiger partial charge in [-0.3, -0.25) is 9.59 Å². The number of piperidine rings is 1. The fourth-order valence-corrected chi connectivity index (χ4v) is 2.54. The van der Waals surface area contributed by atoms with E-state index in [0.29, 0.717) is 12.1 Å². The highest BCUT2D eigenvalue weighted by atomic mass is 32.1. The smallest absolute Gasteiger partial charge is 0.254 e. The van der Waals surface area contributed by atoms with E-state index in [2.05, 4.69) is 12.6 Å². The van der Waals surface area contributed by atoms with E-state index < -0.39 is 0 Å². The van der Waals surface area contributed by atoms with Gasteiger partial charge in [0.05, 0.1) is 5.92 Å². The molecule has 1 fully saturated rings. The molecule has 2 rings (SSSR count). The van der Waals surface area contributed by atoms with Crippen molar-refractivity contribution in [2.24, 2.45) is 11.7 Å². The van der Waals surface area contributed by atoms with E-state index in [1.165, 1.54) is 0 Å². The molecule has 19 heavy (non-hydrogen) atoms. The molecule has 1 saturated heterocycles. The monoisotopic (exact) mass is 278 g/mol. The van der Waals surface area contributed by atoms with Crippen LogP contribution in [0.25, 0.3) is 0 Å². The van der Waals surface area contributed by atoms with Crippen LogP contribution >= 0.6 is 12.6 Å². The number of hydrogen-bond donors (Lipinski definition) is 2. The van der Waals surface area contributed by atoms with Crippen LogP contribution in [0.1, 0.15) is 30.1 Å². The van der Waals surface area contributed by atoms with E-state index in [-0.39, 0.29) is 23.8 Å². The first-order valence-electron chi connectivity index (χ1n) is 6.38. The number of carbonyl (C=O) groups excluding carboxylic acids is 2. The molecule has 0 aromatic heterocycles. The second-order valence-corrected chi connectivity index (χ2v) is 5.55. The zero-order valence-corrected chi connectivity index (χ0v) is 11.8. The number of nitrogens with zero attached hydrogens (tertiary/aromatic N) is 1. The third-order valence-electron chi connectivity index (χ3n) is 3.66. The maximum Gasteiger partial charge on any atom is 0.254 e. The summed E-state index contributed by atoms with van der Waals surface area (Å²) in [5.41, 5.74) is 5.97. The van der Waals surface area contributed by atoms with E-state index in [9.17, 15) is 9.59 Å². The summed E-state index contributed by atoms with van der Waals surface area (Å²) in [6, 6.07) is 7.22. The Balaban J connectivity index is 2.16. The molecule has 0 radical (unpaired) electrons. The molecule has 2 unspecified atom stereocenters. The number of nitrogens with two attached hydrogens (primary N) is 1. The van der Waals surface area contributed by atoms with Crippen LogP contribution in [0.4, 0.5) is 0 Å². The summed E-state index contributed by atoms with van der Waals surface area (Å²) in [6.45, 7) is 2.42. The molecular formula is C14H18N2O2S. The normalized spacial score (nSPS) is 23.2. The summed E-state index contributed by atoms with van der Waals surface area (Å²) < 4.78 is 0. The van der Waals surface area contributed by atoms with Crippen LogP contribution in [0.15, 0.2) is 29.2 Å². The van der Waals surface area contributed by atoms with Crippen LogP contribution in [0.3, 0.4) is 0 Å². The number of likely N-dealkylation sites (tertiary alicyclic amines) is 1. The highest BCUT2D eigenvalue weighted by Crippen LogP contribution is 2.23. The SMILES string of the molecule is CC1CCC(C(N)=O)CN1C(=O)c1ccc(S)cc1. The molecule has 2 atom stereocenters. The Morgan fingerprint density at radius 3 is 2.47 bits per heavy atom. The van der Waals surface area contributed by atoms with Crippen molar-refractivity contribution in [2.75, 3.05) is 6.54 Å². The minimum Gasteiger partial charge on any atom is -0.369 e. The summed E-state index contributed by atoms with van der Waals surface area (Å²) in [5, 5.41) is 0. The Labute approximate surface area is 118 Å². The summed E-state index contributed by atoms with van der Waals surface area (Å²) in [7, 11) is 0. The molecule has 1 heterocycles. The van der Waals surface area contributed by atoms with Crippen molar-refractivity contribution in [3.8, 4) is 0 Å². The van der Waals surface area contributed by atoms with Crippen molar-refractivity contribution in [1.82, 2.24) is 4.90 Å². The molecule has 0 spiro atoms. The summed E-state index contributed by atoms with van der Waals surface area (Å²) in [6.07, 6.45) is 1.57. The number of thiol groups is 1. The molecule has 1 aromatic rings. The highest BCUT2D eigenvalue weighted by molar-refractivity contribution is 7.80. The quantitative estimate of drug-likeness (QED) is 0.809.